The Balaban J connectivity index is 1.87. The smallest absolute Gasteiger partial charge is 0.0169 e. The van der Waals surface area contributed by atoms with Crippen LogP contribution in [-0.4, -0.2) is 37.1 Å². The average molecular weight is 258 g/mol. The zero-order chi connectivity index (χ0) is 13.3. The van der Waals surface area contributed by atoms with E-state index in [4.69, 9.17) is 0 Å². The van der Waals surface area contributed by atoms with Gasteiger partial charge in [-0.05, 0) is 44.5 Å². The Labute approximate surface area is 117 Å². The monoisotopic (exact) mass is 258 g/mol. The van der Waals surface area contributed by atoms with Gasteiger partial charge in [-0.15, -0.1) is 0 Å². The van der Waals surface area contributed by atoms with Gasteiger partial charge in [0, 0.05) is 12.6 Å². The Morgan fingerprint density at radius 3 is 2.63 bits per heavy atom. The van der Waals surface area contributed by atoms with Crippen molar-refractivity contribution in [3.05, 3.63) is 42.0 Å². The van der Waals surface area contributed by atoms with Crippen LogP contribution in [0.5, 0.6) is 0 Å². The number of benzene rings is 1. The molecular weight excluding hydrogens is 232 g/mol. The van der Waals surface area contributed by atoms with Crippen LogP contribution in [0.25, 0.3) is 6.08 Å². The van der Waals surface area contributed by atoms with Crippen LogP contribution in [0.1, 0.15) is 31.7 Å². The molecule has 0 atom stereocenters. The lowest BCUT2D eigenvalue weighted by molar-refractivity contribution is 0.179. The average Bonchev–Trinajstić information content (AvgIpc) is 2.48. The first-order valence-electron chi connectivity index (χ1n) is 7.56. The van der Waals surface area contributed by atoms with E-state index in [1.54, 1.807) is 0 Å². The van der Waals surface area contributed by atoms with E-state index in [1.165, 1.54) is 44.5 Å². The lowest BCUT2D eigenvalue weighted by Crippen LogP contribution is -2.43. The van der Waals surface area contributed by atoms with E-state index in [9.17, 15) is 0 Å². The Morgan fingerprint density at radius 1 is 1.21 bits per heavy atom. The second-order valence-electron chi connectivity index (χ2n) is 5.29. The predicted molar refractivity (Wildman–Crippen MR) is 83.2 cm³/mol. The summed E-state index contributed by atoms with van der Waals surface area (Å²) in [4.78, 5) is 2.64. The number of rotatable bonds is 6. The molecule has 0 amide bonds. The van der Waals surface area contributed by atoms with E-state index in [2.05, 4.69) is 59.6 Å². The van der Waals surface area contributed by atoms with Crippen molar-refractivity contribution in [2.45, 2.75) is 32.2 Å². The van der Waals surface area contributed by atoms with Crippen molar-refractivity contribution in [1.82, 2.24) is 10.2 Å². The number of hydrogen-bond acceptors (Lipinski definition) is 2. The fraction of sp³-hybridized carbons (Fsp3) is 0.529. The molecule has 0 bridgehead atoms. The first-order chi connectivity index (χ1) is 9.40. The summed E-state index contributed by atoms with van der Waals surface area (Å²) in [5.74, 6) is 0. The molecule has 1 aliphatic rings. The zero-order valence-corrected chi connectivity index (χ0v) is 12.0. The van der Waals surface area contributed by atoms with Gasteiger partial charge in [0.1, 0.15) is 0 Å². The van der Waals surface area contributed by atoms with Gasteiger partial charge in [0.2, 0.25) is 0 Å². The highest BCUT2D eigenvalue weighted by Gasteiger charge is 2.18. The van der Waals surface area contributed by atoms with Gasteiger partial charge in [0.15, 0.2) is 0 Å². The summed E-state index contributed by atoms with van der Waals surface area (Å²) in [5, 5.41) is 3.45. The van der Waals surface area contributed by atoms with Gasteiger partial charge in [-0.25, -0.2) is 0 Å². The van der Waals surface area contributed by atoms with Crippen molar-refractivity contribution in [3.63, 3.8) is 0 Å². The summed E-state index contributed by atoms with van der Waals surface area (Å²) in [6.07, 6.45) is 8.37. The van der Waals surface area contributed by atoms with Crippen LogP contribution in [0.3, 0.4) is 0 Å². The molecule has 1 heterocycles. The quantitative estimate of drug-likeness (QED) is 0.843. The van der Waals surface area contributed by atoms with Crippen molar-refractivity contribution < 1.29 is 0 Å². The third kappa shape index (κ3) is 4.81. The summed E-state index contributed by atoms with van der Waals surface area (Å²) in [6, 6.07) is 11.3. The van der Waals surface area contributed by atoms with Crippen LogP contribution in [0.15, 0.2) is 36.4 Å². The summed E-state index contributed by atoms with van der Waals surface area (Å²) in [7, 11) is 0. The van der Waals surface area contributed by atoms with E-state index in [0.717, 1.165) is 12.6 Å². The maximum Gasteiger partial charge on any atom is 0.0169 e. The van der Waals surface area contributed by atoms with Gasteiger partial charge in [0.05, 0.1) is 0 Å². The molecule has 0 aromatic heterocycles. The molecule has 1 aromatic carbocycles. The van der Waals surface area contributed by atoms with Crippen LogP contribution >= 0.6 is 0 Å². The number of hydrogen-bond donors (Lipinski definition) is 1. The number of nitrogens with zero attached hydrogens (tertiary/aromatic N) is 1. The Bertz CT molecular complexity index is 366. The van der Waals surface area contributed by atoms with E-state index >= 15 is 0 Å². The Hall–Kier alpha value is -1.12. The molecule has 2 rings (SSSR count). The first-order valence-corrected chi connectivity index (χ1v) is 7.56. The lowest BCUT2D eigenvalue weighted by atomic mass is 10.0. The maximum absolute atomic E-state index is 3.45. The minimum Gasteiger partial charge on any atom is -0.317 e. The second kappa shape index (κ2) is 8.13. The molecule has 2 nitrogen and oxygen atoms in total. The fourth-order valence-electron chi connectivity index (χ4n) is 2.77. The molecule has 2 heteroatoms. The van der Waals surface area contributed by atoms with Crippen LogP contribution < -0.4 is 5.32 Å². The first kappa shape index (κ1) is 14.3. The molecule has 1 fully saturated rings. The molecule has 0 unspecified atom stereocenters. The normalized spacial score (nSPS) is 17.4. The molecule has 104 valence electrons. The van der Waals surface area contributed by atoms with Gasteiger partial charge < -0.3 is 5.32 Å². The van der Waals surface area contributed by atoms with Gasteiger partial charge in [0.25, 0.3) is 0 Å². The Kier molecular flexibility index (Phi) is 6.12. The number of piperidine rings is 1. The largest absolute Gasteiger partial charge is 0.317 e. The fourth-order valence-corrected chi connectivity index (χ4v) is 2.77. The van der Waals surface area contributed by atoms with Gasteiger partial charge in [-0.1, -0.05) is 49.4 Å². The summed E-state index contributed by atoms with van der Waals surface area (Å²) >= 11 is 0. The molecule has 0 saturated carbocycles. The third-order valence-electron chi connectivity index (χ3n) is 3.79. The SMILES string of the molecule is CCCN(C/C=C/c1ccccc1)C1CCNCC1. The van der Waals surface area contributed by atoms with Crippen molar-refractivity contribution >= 4 is 6.08 Å². The van der Waals surface area contributed by atoms with Crippen molar-refractivity contribution in [1.29, 1.82) is 0 Å². The topological polar surface area (TPSA) is 15.3 Å². The maximum atomic E-state index is 3.45. The van der Waals surface area contributed by atoms with Crippen LogP contribution in [0, 0.1) is 0 Å². The van der Waals surface area contributed by atoms with Crippen LogP contribution in [0.2, 0.25) is 0 Å². The molecule has 1 aliphatic heterocycles. The van der Waals surface area contributed by atoms with Crippen molar-refractivity contribution in [2.24, 2.45) is 0 Å². The van der Waals surface area contributed by atoms with Gasteiger partial charge in [-0.2, -0.15) is 0 Å². The highest BCUT2D eigenvalue weighted by atomic mass is 15.2. The molecule has 0 aliphatic carbocycles. The molecule has 0 radical (unpaired) electrons. The van der Waals surface area contributed by atoms with E-state index < -0.39 is 0 Å². The minimum atomic E-state index is 0.765. The predicted octanol–water partition coefficient (Wildman–Crippen LogP) is 3.16. The van der Waals surface area contributed by atoms with Crippen molar-refractivity contribution in [3.8, 4) is 0 Å². The zero-order valence-electron chi connectivity index (χ0n) is 12.0. The molecule has 0 spiro atoms. The Morgan fingerprint density at radius 2 is 1.95 bits per heavy atom. The molecule has 1 saturated heterocycles. The molecule has 1 aromatic rings. The van der Waals surface area contributed by atoms with Gasteiger partial charge >= 0.3 is 0 Å². The van der Waals surface area contributed by atoms with E-state index in [1.807, 2.05) is 0 Å². The molecule has 1 N–H and O–H groups in total. The van der Waals surface area contributed by atoms with E-state index in [-0.39, 0.29) is 0 Å². The van der Waals surface area contributed by atoms with Crippen LogP contribution in [0.4, 0.5) is 0 Å². The second-order valence-corrected chi connectivity index (χ2v) is 5.29. The van der Waals surface area contributed by atoms with Gasteiger partial charge in [-0.3, -0.25) is 4.90 Å². The highest BCUT2D eigenvalue weighted by Crippen LogP contribution is 2.12. The highest BCUT2D eigenvalue weighted by molar-refractivity contribution is 5.48. The molecule has 19 heavy (non-hydrogen) atoms. The summed E-state index contributed by atoms with van der Waals surface area (Å²) < 4.78 is 0. The standard InChI is InChI=1S/C17H26N2/c1-2-14-19(17-10-12-18-13-11-17)15-6-9-16-7-4-3-5-8-16/h3-9,17-18H,2,10-15H2,1H3/b9-6+. The molecular formula is C17H26N2. The summed E-state index contributed by atoms with van der Waals surface area (Å²) in [6.45, 7) is 6.91. The lowest BCUT2D eigenvalue weighted by Gasteiger charge is -2.33. The van der Waals surface area contributed by atoms with Crippen molar-refractivity contribution in [2.75, 3.05) is 26.2 Å². The summed E-state index contributed by atoms with van der Waals surface area (Å²) in [5.41, 5.74) is 1.30. The van der Waals surface area contributed by atoms with Crippen LogP contribution in [-0.2, 0) is 0 Å². The van der Waals surface area contributed by atoms with E-state index in [0.29, 0.717) is 0 Å². The minimum absolute atomic E-state index is 0.765. The number of nitrogens with one attached hydrogen (secondary N) is 1. The third-order valence-corrected chi connectivity index (χ3v) is 3.79.